The van der Waals surface area contributed by atoms with E-state index in [0.29, 0.717) is 30.0 Å². The number of rotatable bonds is 1. The van der Waals surface area contributed by atoms with Crippen LogP contribution in [0.15, 0.2) is 16.9 Å². The maximum atomic E-state index is 12.1. The number of amides is 1. The molecule has 2 aromatic heterocycles. The van der Waals surface area contributed by atoms with E-state index in [4.69, 9.17) is 4.74 Å². The number of carbonyl (C=O) groups excluding carboxylic acids is 1. The molecule has 0 unspecified atom stereocenters. The van der Waals surface area contributed by atoms with Gasteiger partial charge in [0.25, 0.3) is 5.88 Å². The lowest BCUT2D eigenvalue weighted by molar-refractivity contribution is 0.132. The standard InChI is InChI=1S/C13H16N4O3/c1-8-4-6-17(7-5-8)13(19)20-12-9-2-3-10(18)14-11(9)15-16-12/h2-3,8H,4-7H2,1H3,(H2,14,15,16,18). The first-order valence-electron chi connectivity index (χ1n) is 6.67. The van der Waals surface area contributed by atoms with E-state index in [2.05, 4.69) is 22.1 Å². The highest BCUT2D eigenvalue weighted by molar-refractivity contribution is 5.83. The molecular formula is C13H16N4O3. The van der Waals surface area contributed by atoms with Crippen molar-refractivity contribution in [3.8, 4) is 5.88 Å². The number of piperidine rings is 1. The second-order valence-electron chi connectivity index (χ2n) is 5.18. The van der Waals surface area contributed by atoms with Gasteiger partial charge in [-0.2, -0.15) is 0 Å². The lowest BCUT2D eigenvalue weighted by Gasteiger charge is -2.28. The minimum absolute atomic E-state index is 0.194. The second kappa shape index (κ2) is 4.99. The van der Waals surface area contributed by atoms with E-state index in [9.17, 15) is 9.59 Å². The number of ether oxygens (including phenoxy) is 1. The highest BCUT2D eigenvalue weighted by atomic mass is 16.6. The number of nitrogens with one attached hydrogen (secondary N) is 2. The fourth-order valence-electron chi connectivity index (χ4n) is 2.32. The van der Waals surface area contributed by atoms with Gasteiger partial charge in [-0.15, -0.1) is 5.10 Å². The molecule has 0 bridgehead atoms. The zero-order valence-corrected chi connectivity index (χ0v) is 11.2. The molecule has 1 aliphatic rings. The quantitative estimate of drug-likeness (QED) is 0.825. The summed E-state index contributed by atoms with van der Waals surface area (Å²) in [6.07, 6.45) is 1.59. The Kier molecular flexibility index (Phi) is 3.17. The maximum Gasteiger partial charge on any atom is 0.416 e. The number of carbonyl (C=O) groups is 1. The Hall–Kier alpha value is -2.31. The van der Waals surface area contributed by atoms with Crippen molar-refractivity contribution < 1.29 is 9.53 Å². The zero-order chi connectivity index (χ0) is 14.1. The van der Waals surface area contributed by atoms with Gasteiger partial charge in [0.05, 0.1) is 5.39 Å². The Morgan fingerprint density at radius 2 is 2.15 bits per heavy atom. The summed E-state index contributed by atoms with van der Waals surface area (Å²) in [7, 11) is 0. The molecule has 0 aliphatic carbocycles. The lowest BCUT2D eigenvalue weighted by atomic mass is 10.00. The van der Waals surface area contributed by atoms with Gasteiger partial charge < -0.3 is 14.6 Å². The predicted molar refractivity (Wildman–Crippen MR) is 72.7 cm³/mol. The molecule has 0 atom stereocenters. The molecule has 7 nitrogen and oxygen atoms in total. The second-order valence-corrected chi connectivity index (χ2v) is 5.18. The van der Waals surface area contributed by atoms with Crippen LogP contribution in [0.4, 0.5) is 4.79 Å². The molecule has 2 N–H and O–H groups in total. The smallest absolute Gasteiger partial charge is 0.389 e. The van der Waals surface area contributed by atoms with Gasteiger partial charge in [0.1, 0.15) is 5.65 Å². The lowest BCUT2D eigenvalue weighted by Crippen LogP contribution is -2.39. The fraction of sp³-hybridized carbons (Fsp3) is 0.462. The Morgan fingerprint density at radius 1 is 1.40 bits per heavy atom. The largest absolute Gasteiger partial charge is 0.416 e. The van der Waals surface area contributed by atoms with Gasteiger partial charge in [0.15, 0.2) is 0 Å². The van der Waals surface area contributed by atoms with Gasteiger partial charge in [-0.25, -0.2) is 4.79 Å². The number of H-pyrrole nitrogens is 2. The Morgan fingerprint density at radius 3 is 2.90 bits per heavy atom. The molecule has 7 heteroatoms. The van der Waals surface area contributed by atoms with Gasteiger partial charge in [-0.1, -0.05) is 6.92 Å². The summed E-state index contributed by atoms with van der Waals surface area (Å²) in [6.45, 7) is 3.60. The summed E-state index contributed by atoms with van der Waals surface area (Å²) in [5, 5.41) is 7.15. The van der Waals surface area contributed by atoms with Crippen LogP contribution >= 0.6 is 0 Å². The first-order chi connectivity index (χ1) is 9.63. The average Bonchev–Trinajstić information content (AvgIpc) is 2.81. The molecule has 0 saturated carbocycles. The van der Waals surface area contributed by atoms with Crippen molar-refractivity contribution in [3.05, 3.63) is 22.5 Å². The topological polar surface area (TPSA) is 91.1 Å². The summed E-state index contributed by atoms with van der Waals surface area (Å²) in [5.41, 5.74) is 0.219. The molecule has 1 aliphatic heterocycles. The monoisotopic (exact) mass is 276 g/mol. The van der Waals surface area contributed by atoms with Crippen LogP contribution < -0.4 is 10.3 Å². The van der Waals surface area contributed by atoms with Crippen LogP contribution in [-0.2, 0) is 0 Å². The summed E-state index contributed by atoms with van der Waals surface area (Å²) in [5.74, 6) is 0.843. The molecule has 3 heterocycles. The van der Waals surface area contributed by atoms with Crippen molar-refractivity contribution in [2.45, 2.75) is 19.8 Å². The molecular weight excluding hydrogens is 260 g/mol. The van der Waals surface area contributed by atoms with Crippen LogP contribution in [0.25, 0.3) is 11.0 Å². The maximum absolute atomic E-state index is 12.1. The predicted octanol–water partition coefficient (Wildman–Crippen LogP) is 1.48. The Labute approximate surface area is 114 Å². The van der Waals surface area contributed by atoms with Crippen molar-refractivity contribution in [2.24, 2.45) is 5.92 Å². The van der Waals surface area contributed by atoms with Gasteiger partial charge in [0, 0.05) is 19.2 Å². The number of aromatic amines is 2. The third-order valence-corrected chi connectivity index (χ3v) is 3.64. The van der Waals surface area contributed by atoms with E-state index < -0.39 is 6.09 Å². The van der Waals surface area contributed by atoms with Crippen LogP contribution in [0, 0.1) is 5.92 Å². The Bertz CT molecular complexity index is 682. The van der Waals surface area contributed by atoms with Crippen molar-refractivity contribution in [2.75, 3.05) is 13.1 Å². The number of fused-ring (bicyclic) bond motifs is 1. The molecule has 106 valence electrons. The minimum atomic E-state index is -0.392. The fourth-order valence-corrected chi connectivity index (χ4v) is 2.32. The van der Waals surface area contributed by atoms with Crippen molar-refractivity contribution >= 4 is 17.1 Å². The summed E-state index contributed by atoms with van der Waals surface area (Å²) in [6, 6.07) is 2.95. The number of likely N-dealkylation sites (tertiary alicyclic amines) is 1. The highest BCUT2D eigenvalue weighted by Crippen LogP contribution is 2.21. The van der Waals surface area contributed by atoms with Gasteiger partial charge in [0.2, 0.25) is 5.56 Å². The first-order valence-corrected chi connectivity index (χ1v) is 6.67. The first kappa shape index (κ1) is 12.7. The number of hydrogen-bond donors (Lipinski definition) is 2. The summed E-state index contributed by atoms with van der Waals surface area (Å²) in [4.78, 5) is 27.5. The number of aromatic nitrogens is 3. The molecule has 0 spiro atoms. The van der Waals surface area contributed by atoms with Crippen molar-refractivity contribution in [1.82, 2.24) is 20.1 Å². The Balaban J connectivity index is 1.76. The van der Waals surface area contributed by atoms with Crippen LogP contribution in [0.3, 0.4) is 0 Å². The van der Waals surface area contributed by atoms with Crippen LogP contribution in [0.2, 0.25) is 0 Å². The van der Waals surface area contributed by atoms with Gasteiger partial charge in [-0.3, -0.25) is 9.89 Å². The van der Waals surface area contributed by atoms with Crippen molar-refractivity contribution in [1.29, 1.82) is 0 Å². The molecule has 0 radical (unpaired) electrons. The minimum Gasteiger partial charge on any atom is -0.389 e. The number of hydrogen-bond acceptors (Lipinski definition) is 4. The zero-order valence-electron chi connectivity index (χ0n) is 11.2. The number of pyridine rings is 1. The summed E-state index contributed by atoms with van der Waals surface area (Å²) < 4.78 is 5.30. The summed E-state index contributed by atoms with van der Waals surface area (Å²) >= 11 is 0. The van der Waals surface area contributed by atoms with Gasteiger partial charge >= 0.3 is 6.09 Å². The van der Waals surface area contributed by atoms with Gasteiger partial charge in [-0.05, 0) is 24.8 Å². The number of nitrogens with zero attached hydrogens (tertiary/aromatic N) is 2. The SMILES string of the molecule is CC1CCN(C(=O)Oc2n[nH]c3[nH]c(=O)ccc23)CC1. The average molecular weight is 276 g/mol. The molecule has 3 rings (SSSR count). The van der Waals surface area contributed by atoms with E-state index in [1.54, 1.807) is 11.0 Å². The molecule has 1 amide bonds. The third-order valence-electron chi connectivity index (χ3n) is 3.64. The van der Waals surface area contributed by atoms with Crippen LogP contribution in [-0.4, -0.2) is 39.3 Å². The molecule has 1 saturated heterocycles. The molecule has 0 aromatic carbocycles. The van der Waals surface area contributed by atoms with Crippen LogP contribution in [0.5, 0.6) is 5.88 Å². The van der Waals surface area contributed by atoms with E-state index in [0.717, 1.165) is 12.8 Å². The molecule has 2 aromatic rings. The van der Waals surface area contributed by atoms with Crippen LogP contribution in [0.1, 0.15) is 19.8 Å². The third kappa shape index (κ3) is 2.38. The highest BCUT2D eigenvalue weighted by Gasteiger charge is 2.23. The van der Waals surface area contributed by atoms with E-state index in [-0.39, 0.29) is 11.4 Å². The van der Waals surface area contributed by atoms with E-state index in [1.807, 2.05) is 0 Å². The van der Waals surface area contributed by atoms with Crippen molar-refractivity contribution in [3.63, 3.8) is 0 Å². The molecule has 20 heavy (non-hydrogen) atoms. The normalized spacial score (nSPS) is 16.6. The van der Waals surface area contributed by atoms with E-state index >= 15 is 0 Å². The molecule has 1 fully saturated rings. The van der Waals surface area contributed by atoms with E-state index in [1.165, 1.54) is 6.07 Å².